The molecule has 0 saturated carbocycles. The minimum Gasteiger partial charge on any atom is -0.497 e. The first-order valence-electron chi connectivity index (χ1n) is 8.95. The maximum atomic E-state index is 5.76. The van der Waals surface area contributed by atoms with E-state index in [9.17, 15) is 0 Å². The van der Waals surface area contributed by atoms with E-state index in [1.54, 1.807) is 7.11 Å². The summed E-state index contributed by atoms with van der Waals surface area (Å²) in [6.45, 7) is 4.12. The molecule has 2 saturated heterocycles. The van der Waals surface area contributed by atoms with Crippen LogP contribution in [0.5, 0.6) is 5.75 Å². The van der Waals surface area contributed by atoms with Gasteiger partial charge in [-0.2, -0.15) is 0 Å². The molecule has 0 aliphatic carbocycles. The van der Waals surface area contributed by atoms with Crippen molar-refractivity contribution >= 4 is 0 Å². The lowest BCUT2D eigenvalue weighted by molar-refractivity contribution is -0.0589. The smallest absolute Gasteiger partial charge is 0.126 e. The van der Waals surface area contributed by atoms with Crippen molar-refractivity contribution in [2.75, 3.05) is 40.1 Å². The molecule has 6 nitrogen and oxygen atoms in total. The summed E-state index contributed by atoms with van der Waals surface area (Å²) in [5.41, 5.74) is 2.08. The van der Waals surface area contributed by atoms with Crippen LogP contribution in [0.4, 0.5) is 0 Å². The van der Waals surface area contributed by atoms with Crippen LogP contribution in [-0.4, -0.2) is 61.0 Å². The summed E-state index contributed by atoms with van der Waals surface area (Å²) in [7, 11) is 1.68. The molecule has 1 aromatic heterocycles. The van der Waals surface area contributed by atoms with Crippen LogP contribution in [0.3, 0.4) is 0 Å². The molecule has 3 heterocycles. The summed E-state index contributed by atoms with van der Waals surface area (Å²) in [6.07, 6.45) is 4.07. The van der Waals surface area contributed by atoms with Crippen LogP contribution in [0.15, 0.2) is 30.5 Å². The molecule has 0 amide bonds. The van der Waals surface area contributed by atoms with E-state index in [1.807, 2.05) is 24.4 Å². The average Bonchev–Trinajstić information content (AvgIpc) is 3.19. The van der Waals surface area contributed by atoms with Crippen LogP contribution in [0, 0.1) is 0 Å². The molecule has 2 fully saturated rings. The number of aromatic amines is 1. The summed E-state index contributed by atoms with van der Waals surface area (Å²) in [5, 5.41) is 0. The van der Waals surface area contributed by atoms with Gasteiger partial charge in [0.05, 0.1) is 38.3 Å². The van der Waals surface area contributed by atoms with Crippen molar-refractivity contribution in [3.05, 3.63) is 36.3 Å². The Morgan fingerprint density at radius 1 is 1.20 bits per heavy atom. The lowest BCUT2D eigenvalue weighted by Crippen LogP contribution is -2.48. The van der Waals surface area contributed by atoms with Gasteiger partial charge >= 0.3 is 0 Å². The SMILES string of the molecule is COc1cccc(-c2cnc([C@@H]3COCCN3C3CCOCC3)[nH]2)c1. The third kappa shape index (κ3) is 3.56. The van der Waals surface area contributed by atoms with Crippen LogP contribution >= 0.6 is 0 Å². The van der Waals surface area contributed by atoms with Crippen molar-refractivity contribution in [3.63, 3.8) is 0 Å². The van der Waals surface area contributed by atoms with E-state index >= 15 is 0 Å². The number of methoxy groups -OCH3 is 1. The van der Waals surface area contributed by atoms with Crippen molar-refractivity contribution < 1.29 is 14.2 Å². The molecule has 2 aliphatic heterocycles. The summed E-state index contributed by atoms with van der Waals surface area (Å²) < 4.78 is 16.6. The van der Waals surface area contributed by atoms with Gasteiger partial charge in [-0.05, 0) is 25.0 Å². The van der Waals surface area contributed by atoms with E-state index in [0.717, 1.165) is 62.0 Å². The highest BCUT2D eigenvalue weighted by Gasteiger charge is 2.33. The number of imidazole rings is 1. The quantitative estimate of drug-likeness (QED) is 0.925. The third-order valence-corrected chi connectivity index (χ3v) is 5.12. The third-order valence-electron chi connectivity index (χ3n) is 5.12. The molecule has 2 aromatic rings. The van der Waals surface area contributed by atoms with Crippen LogP contribution in [0.25, 0.3) is 11.3 Å². The molecule has 1 aromatic carbocycles. The first-order valence-corrected chi connectivity index (χ1v) is 8.95. The number of aromatic nitrogens is 2. The fourth-order valence-corrected chi connectivity index (χ4v) is 3.75. The zero-order valence-corrected chi connectivity index (χ0v) is 14.6. The highest BCUT2D eigenvalue weighted by atomic mass is 16.5. The number of hydrogen-bond donors (Lipinski definition) is 1. The number of nitrogens with zero attached hydrogens (tertiary/aromatic N) is 2. The van der Waals surface area contributed by atoms with E-state index < -0.39 is 0 Å². The fraction of sp³-hybridized carbons (Fsp3) is 0.526. The lowest BCUT2D eigenvalue weighted by Gasteiger charge is -2.41. The minimum absolute atomic E-state index is 0.177. The summed E-state index contributed by atoms with van der Waals surface area (Å²) in [4.78, 5) is 10.7. The van der Waals surface area contributed by atoms with E-state index in [2.05, 4.69) is 20.9 Å². The second-order valence-electron chi connectivity index (χ2n) is 6.59. The van der Waals surface area contributed by atoms with Gasteiger partial charge in [0.2, 0.25) is 0 Å². The van der Waals surface area contributed by atoms with Gasteiger partial charge < -0.3 is 19.2 Å². The first-order chi connectivity index (χ1) is 12.3. The number of hydrogen-bond acceptors (Lipinski definition) is 5. The molecular weight excluding hydrogens is 318 g/mol. The van der Waals surface area contributed by atoms with Gasteiger partial charge in [0.25, 0.3) is 0 Å². The van der Waals surface area contributed by atoms with Crippen LogP contribution in [-0.2, 0) is 9.47 Å². The molecule has 2 aliphatic rings. The molecule has 1 N–H and O–H groups in total. The van der Waals surface area contributed by atoms with Gasteiger partial charge in [-0.1, -0.05) is 12.1 Å². The minimum atomic E-state index is 0.177. The van der Waals surface area contributed by atoms with E-state index in [4.69, 9.17) is 14.2 Å². The normalized spacial score (nSPS) is 22.8. The maximum absolute atomic E-state index is 5.76. The average molecular weight is 343 g/mol. The predicted octanol–water partition coefficient (Wildman–Crippen LogP) is 2.64. The Morgan fingerprint density at radius 2 is 2.08 bits per heavy atom. The summed E-state index contributed by atoms with van der Waals surface area (Å²) in [5.74, 6) is 1.82. The molecule has 0 bridgehead atoms. The Balaban J connectivity index is 1.56. The van der Waals surface area contributed by atoms with Crippen molar-refractivity contribution in [1.82, 2.24) is 14.9 Å². The zero-order chi connectivity index (χ0) is 17.1. The number of ether oxygens (including phenoxy) is 3. The number of benzene rings is 1. The van der Waals surface area contributed by atoms with Crippen molar-refractivity contribution in [2.45, 2.75) is 24.9 Å². The van der Waals surface area contributed by atoms with E-state index in [0.29, 0.717) is 12.6 Å². The predicted molar refractivity (Wildman–Crippen MR) is 94.7 cm³/mol. The number of nitrogens with one attached hydrogen (secondary N) is 1. The Hall–Kier alpha value is -1.89. The summed E-state index contributed by atoms with van der Waals surface area (Å²) >= 11 is 0. The lowest BCUT2D eigenvalue weighted by atomic mass is 10.0. The molecule has 4 rings (SSSR count). The molecule has 0 spiro atoms. The largest absolute Gasteiger partial charge is 0.497 e. The highest BCUT2D eigenvalue weighted by molar-refractivity contribution is 5.60. The van der Waals surface area contributed by atoms with Gasteiger partial charge in [0.15, 0.2) is 0 Å². The zero-order valence-electron chi connectivity index (χ0n) is 14.6. The van der Waals surface area contributed by atoms with Crippen molar-refractivity contribution in [1.29, 1.82) is 0 Å². The maximum Gasteiger partial charge on any atom is 0.126 e. The Bertz CT molecular complexity index is 697. The van der Waals surface area contributed by atoms with Crippen LogP contribution in [0.1, 0.15) is 24.7 Å². The second kappa shape index (κ2) is 7.56. The molecular formula is C19H25N3O3. The molecule has 6 heteroatoms. The summed E-state index contributed by atoms with van der Waals surface area (Å²) in [6, 6.07) is 8.75. The highest BCUT2D eigenvalue weighted by Crippen LogP contribution is 2.30. The van der Waals surface area contributed by atoms with Crippen LogP contribution in [0.2, 0.25) is 0 Å². The van der Waals surface area contributed by atoms with Crippen molar-refractivity contribution in [2.24, 2.45) is 0 Å². The van der Waals surface area contributed by atoms with E-state index in [1.165, 1.54) is 0 Å². The van der Waals surface area contributed by atoms with Gasteiger partial charge in [-0.15, -0.1) is 0 Å². The number of H-pyrrole nitrogens is 1. The Labute approximate surface area is 148 Å². The van der Waals surface area contributed by atoms with Crippen LogP contribution < -0.4 is 4.74 Å². The standard InChI is InChI=1S/C19H25N3O3/c1-23-16-4-2-3-14(11-16)17-12-20-19(21-17)18-13-25-10-7-22(18)15-5-8-24-9-6-15/h2-4,11-12,15,18H,5-10,13H2,1H3,(H,20,21)/t18-/m0/s1. The van der Waals surface area contributed by atoms with Crippen molar-refractivity contribution in [3.8, 4) is 17.0 Å². The Morgan fingerprint density at radius 3 is 2.92 bits per heavy atom. The van der Waals surface area contributed by atoms with Gasteiger partial charge in [-0.25, -0.2) is 4.98 Å². The van der Waals surface area contributed by atoms with Gasteiger partial charge in [0, 0.05) is 31.4 Å². The molecule has 0 unspecified atom stereocenters. The first kappa shape index (κ1) is 16.6. The fourth-order valence-electron chi connectivity index (χ4n) is 3.75. The molecule has 0 radical (unpaired) electrons. The number of rotatable bonds is 4. The topological polar surface area (TPSA) is 59.6 Å². The monoisotopic (exact) mass is 343 g/mol. The Kier molecular flexibility index (Phi) is 5.01. The van der Waals surface area contributed by atoms with Gasteiger partial charge in [0.1, 0.15) is 11.6 Å². The molecule has 1 atom stereocenters. The number of morpholine rings is 1. The molecule has 134 valence electrons. The van der Waals surface area contributed by atoms with E-state index in [-0.39, 0.29) is 6.04 Å². The second-order valence-corrected chi connectivity index (χ2v) is 6.59. The molecule has 25 heavy (non-hydrogen) atoms. The van der Waals surface area contributed by atoms with Gasteiger partial charge in [-0.3, -0.25) is 4.90 Å².